The Hall–Kier alpha value is -9.00. The molecule has 5 heteroatoms. The molecule has 1 aliphatic rings. The lowest BCUT2D eigenvalue weighted by Gasteiger charge is -2.35. The van der Waals surface area contributed by atoms with Gasteiger partial charge in [0.2, 0.25) is 0 Å². The summed E-state index contributed by atoms with van der Waals surface area (Å²) in [5, 5.41) is 0. The first kappa shape index (κ1) is 69.5. The first-order valence-corrected chi connectivity index (χ1v) is 37.5. The molecule has 0 aromatic heterocycles. The Morgan fingerprint density at radius 1 is 0.270 bits per heavy atom. The molecule has 0 atom stereocenters. The summed E-state index contributed by atoms with van der Waals surface area (Å²) in [5.74, 6) is 0. The van der Waals surface area contributed by atoms with Crippen LogP contribution in [0.15, 0.2) is 288 Å². The number of benzene rings is 12. The lowest BCUT2D eigenvalue weighted by atomic mass is 9.67. The largest absolute Gasteiger partial charge is 0.311 e. The molecule has 0 N–H and O–H groups in total. The van der Waals surface area contributed by atoms with E-state index in [2.05, 4.69) is 416 Å². The first-order chi connectivity index (χ1) is 47.8. The molecule has 0 bridgehead atoms. The number of halogens is 2. The monoisotopic (exact) mass is 1440 g/mol. The summed E-state index contributed by atoms with van der Waals surface area (Å²) in [7, 11) is 0. The SMILES string of the molecule is CCCCCCc1ccc(C2(c3ccc(N(c4ccc(-c5ccc(N(c6ccc(C(C)(C)C)cc6)c6ccc(C(C)(C)C)cc6)cc5)cc4)c4ccc(-c5ccc(N(c6ccc(C(C)(C)C)cc6)c6ccc(C(C)(C)C)cc6)cc5)cc4)cc3)c3cc(Br)ccc3-c3ccc(Br)cc32)cc1. The molecule has 12 aromatic carbocycles. The van der Waals surface area contributed by atoms with E-state index in [-0.39, 0.29) is 21.7 Å². The van der Waals surface area contributed by atoms with Crippen LogP contribution in [0.25, 0.3) is 33.4 Å². The highest BCUT2D eigenvalue weighted by Crippen LogP contribution is 2.58. The Bertz CT molecular complexity index is 4400. The molecule has 0 fully saturated rings. The Balaban J connectivity index is 0.876. The van der Waals surface area contributed by atoms with Gasteiger partial charge in [-0.1, -0.05) is 287 Å². The van der Waals surface area contributed by atoms with Crippen molar-refractivity contribution in [1.82, 2.24) is 0 Å². The number of nitrogens with zero attached hydrogens (tertiary/aromatic N) is 3. The first-order valence-electron chi connectivity index (χ1n) is 35.9. The van der Waals surface area contributed by atoms with Crippen LogP contribution in [0, 0.1) is 0 Å². The fourth-order valence-corrected chi connectivity index (χ4v) is 15.3. The zero-order valence-electron chi connectivity index (χ0n) is 60.7. The summed E-state index contributed by atoms with van der Waals surface area (Å²) in [5.41, 5.74) is 28.3. The molecule has 12 aromatic rings. The Morgan fingerprint density at radius 2 is 0.510 bits per heavy atom. The van der Waals surface area contributed by atoms with Crippen molar-refractivity contribution in [2.24, 2.45) is 0 Å². The average Bonchev–Trinajstić information content (AvgIpc) is 1.52. The van der Waals surface area contributed by atoms with Crippen molar-refractivity contribution in [2.75, 3.05) is 14.7 Å². The molecular formula is C95H95Br2N3. The third-order valence-electron chi connectivity index (χ3n) is 20.5. The van der Waals surface area contributed by atoms with Gasteiger partial charge in [0.1, 0.15) is 0 Å². The lowest BCUT2D eigenvalue weighted by molar-refractivity contribution is 0.590. The summed E-state index contributed by atoms with van der Waals surface area (Å²) >= 11 is 7.91. The predicted molar refractivity (Wildman–Crippen MR) is 437 cm³/mol. The van der Waals surface area contributed by atoms with Crippen LogP contribution in [-0.4, -0.2) is 0 Å². The Labute approximate surface area is 613 Å². The zero-order valence-corrected chi connectivity index (χ0v) is 63.9. The van der Waals surface area contributed by atoms with Crippen molar-refractivity contribution < 1.29 is 0 Å². The molecule has 13 rings (SSSR count). The molecule has 0 radical (unpaired) electrons. The third kappa shape index (κ3) is 14.4. The molecule has 1 aliphatic carbocycles. The molecule has 0 heterocycles. The second kappa shape index (κ2) is 28.2. The van der Waals surface area contributed by atoms with Gasteiger partial charge in [0.05, 0.1) is 5.41 Å². The molecule has 0 saturated heterocycles. The number of hydrogen-bond acceptors (Lipinski definition) is 3. The number of hydrogen-bond donors (Lipinski definition) is 0. The lowest BCUT2D eigenvalue weighted by Crippen LogP contribution is -2.28. The van der Waals surface area contributed by atoms with Crippen LogP contribution in [0.4, 0.5) is 51.2 Å². The summed E-state index contributed by atoms with van der Waals surface area (Å²) in [6.45, 7) is 29.6. The maximum Gasteiger partial charge on any atom is 0.0714 e. The normalized spacial score (nSPS) is 12.8. The number of fused-ring (bicyclic) bond motifs is 3. The minimum absolute atomic E-state index is 0.0525. The van der Waals surface area contributed by atoms with Crippen molar-refractivity contribution in [1.29, 1.82) is 0 Å². The van der Waals surface area contributed by atoms with Gasteiger partial charge >= 0.3 is 0 Å². The number of aryl methyl sites for hydroxylation is 1. The van der Waals surface area contributed by atoms with E-state index in [1.54, 1.807) is 0 Å². The maximum absolute atomic E-state index is 3.96. The van der Waals surface area contributed by atoms with Crippen molar-refractivity contribution in [3.63, 3.8) is 0 Å². The van der Waals surface area contributed by atoms with Crippen molar-refractivity contribution in [2.45, 2.75) is 149 Å². The molecule has 0 unspecified atom stereocenters. The van der Waals surface area contributed by atoms with E-state index in [0.29, 0.717) is 0 Å². The molecular weight excluding hydrogens is 1340 g/mol. The van der Waals surface area contributed by atoms with Gasteiger partial charge in [-0.2, -0.15) is 0 Å². The summed E-state index contributed by atoms with van der Waals surface area (Å²) < 4.78 is 2.13. The van der Waals surface area contributed by atoms with Gasteiger partial charge < -0.3 is 14.7 Å². The van der Waals surface area contributed by atoms with E-state index in [0.717, 1.165) is 88.8 Å². The molecule has 100 heavy (non-hydrogen) atoms. The Morgan fingerprint density at radius 3 is 0.760 bits per heavy atom. The van der Waals surface area contributed by atoms with Gasteiger partial charge in [-0.05, 0) is 251 Å². The van der Waals surface area contributed by atoms with Crippen LogP contribution in [0.1, 0.15) is 166 Å². The summed E-state index contributed by atoms with van der Waals surface area (Å²) in [4.78, 5) is 7.16. The van der Waals surface area contributed by atoms with E-state index in [1.807, 2.05) is 0 Å². The minimum Gasteiger partial charge on any atom is -0.311 e. The fourth-order valence-electron chi connectivity index (χ4n) is 14.6. The Kier molecular flexibility index (Phi) is 19.6. The zero-order chi connectivity index (χ0) is 70.3. The predicted octanol–water partition coefficient (Wildman–Crippen LogP) is 28.6. The highest BCUT2D eigenvalue weighted by Gasteiger charge is 2.46. The van der Waals surface area contributed by atoms with Gasteiger partial charge in [0.15, 0.2) is 0 Å². The van der Waals surface area contributed by atoms with Crippen LogP contribution in [0.2, 0.25) is 0 Å². The van der Waals surface area contributed by atoms with Crippen LogP contribution in [0.5, 0.6) is 0 Å². The molecule has 0 spiro atoms. The van der Waals surface area contributed by atoms with E-state index in [1.165, 1.54) is 86.9 Å². The highest BCUT2D eigenvalue weighted by atomic mass is 79.9. The van der Waals surface area contributed by atoms with Crippen LogP contribution in [-0.2, 0) is 33.5 Å². The smallest absolute Gasteiger partial charge is 0.0714 e. The third-order valence-corrected chi connectivity index (χ3v) is 21.4. The minimum atomic E-state index is -0.591. The number of anilines is 9. The molecule has 504 valence electrons. The van der Waals surface area contributed by atoms with Crippen molar-refractivity contribution in [3.05, 3.63) is 338 Å². The molecule has 0 amide bonds. The van der Waals surface area contributed by atoms with E-state index in [4.69, 9.17) is 0 Å². The van der Waals surface area contributed by atoms with E-state index in [9.17, 15) is 0 Å². The van der Waals surface area contributed by atoms with Gasteiger partial charge in [-0.25, -0.2) is 0 Å². The van der Waals surface area contributed by atoms with E-state index < -0.39 is 5.41 Å². The van der Waals surface area contributed by atoms with Crippen LogP contribution in [0.3, 0.4) is 0 Å². The second-order valence-corrected chi connectivity index (χ2v) is 33.4. The number of unbranched alkanes of at least 4 members (excludes halogenated alkanes) is 3. The topological polar surface area (TPSA) is 9.72 Å². The van der Waals surface area contributed by atoms with Gasteiger partial charge in [0.25, 0.3) is 0 Å². The average molecular weight is 1440 g/mol. The van der Waals surface area contributed by atoms with Crippen LogP contribution < -0.4 is 14.7 Å². The highest BCUT2D eigenvalue weighted by molar-refractivity contribution is 9.10. The van der Waals surface area contributed by atoms with Gasteiger partial charge in [0, 0.05) is 60.1 Å². The van der Waals surface area contributed by atoms with Crippen molar-refractivity contribution in [3.8, 4) is 33.4 Å². The summed E-state index contributed by atoms with van der Waals surface area (Å²) in [6, 6.07) is 105. The summed E-state index contributed by atoms with van der Waals surface area (Å²) in [6.07, 6.45) is 6.06. The number of rotatable bonds is 18. The molecule has 3 nitrogen and oxygen atoms in total. The van der Waals surface area contributed by atoms with Gasteiger partial charge in [-0.3, -0.25) is 0 Å². The van der Waals surface area contributed by atoms with E-state index >= 15 is 0 Å². The maximum atomic E-state index is 3.96. The van der Waals surface area contributed by atoms with Crippen molar-refractivity contribution >= 4 is 83.0 Å². The standard InChI is InChI=1S/C95H95Br2N3/c1-14-15-16-17-18-65-19-29-74(30-20-65)95(89-63-76(96)41-61-87(89)88-62-42-77(97)64-90(88)95)75-39-59-86(60-40-75)98(78-43-21-66(22-44-78)68-25-47-80(48-26-68)99(82-51-31-70(32-52-82)91(2,3)4)83-53-33-71(34-54-83)92(5,6)7)79-45-23-67(24-46-79)69-27-49-81(50-28-69)100(84-55-35-72(36-56-84)93(8,9)10)85-57-37-73(38-58-85)94(11,12)13/h19-64H,14-18H2,1-13H3. The fraction of sp³-hybridized carbons (Fsp3) is 0.242. The quantitative estimate of drug-likeness (QED) is 0.0793. The van der Waals surface area contributed by atoms with Gasteiger partial charge in [-0.15, -0.1) is 0 Å². The molecule has 0 aliphatic heterocycles. The van der Waals surface area contributed by atoms with Crippen LogP contribution >= 0.6 is 31.9 Å². The molecule has 0 saturated carbocycles. The second-order valence-electron chi connectivity index (χ2n) is 31.6.